The summed E-state index contributed by atoms with van der Waals surface area (Å²) < 4.78 is 10.5. The fourth-order valence-corrected chi connectivity index (χ4v) is 2.08. The molecule has 1 aromatic heterocycles. The Balaban J connectivity index is 2.82. The van der Waals surface area contributed by atoms with Crippen molar-refractivity contribution in [3.05, 3.63) is 18.5 Å². The van der Waals surface area contributed by atoms with Crippen molar-refractivity contribution in [2.75, 3.05) is 50.7 Å². The molecule has 0 radical (unpaired) electrons. The zero-order valence-corrected chi connectivity index (χ0v) is 13.1. The molecule has 0 aliphatic heterocycles. The van der Waals surface area contributed by atoms with Gasteiger partial charge in [0.1, 0.15) is 0 Å². The largest absolute Gasteiger partial charge is 0.384 e. The Hall–Kier alpha value is -1.33. The van der Waals surface area contributed by atoms with E-state index in [0.717, 1.165) is 30.9 Å². The normalized spacial score (nSPS) is 12.2. The van der Waals surface area contributed by atoms with Gasteiger partial charge in [-0.15, -0.1) is 0 Å². The second kappa shape index (κ2) is 9.55. The van der Waals surface area contributed by atoms with Gasteiger partial charge in [0.25, 0.3) is 0 Å². The lowest BCUT2D eigenvalue weighted by Crippen LogP contribution is -2.38. The molecule has 1 atom stereocenters. The van der Waals surface area contributed by atoms with Crippen LogP contribution in [0.5, 0.6) is 0 Å². The van der Waals surface area contributed by atoms with Gasteiger partial charge in [-0.25, -0.2) is 0 Å². The lowest BCUT2D eigenvalue weighted by atomic mass is 10.2. The summed E-state index contributed by atoms with van der Waals surface area (Å²) in [5, 5.41) is 3.36. The molecule has 1 unspecified atom stereocenters. The van der Waals surface area contributed by atoms with Crippen LogP contribution in [-0.4, -0.2) is 51.5 Å². The topological polar surface area (TPSA) is 46.6 Å². The number of nitrogens with zero attached hydrogens (tertiary/aromatic N) is 2. The molecule has 5 nitrogen and oxygen atoms in total. The quantitative estimate of drug-likeness (QED) is 0.713. The van der Waals surface area contributed by atoms with E-state index in [1.54, 1.807) is 14.2 Å². The molecule has 0 saturated carbocycles. The number of pyridine rings is 1. The van der Waals surface area contributed by atoms with Crippen molar-refractivity contribution >= 4 is 11.4 Å². The second-order valence-corrected chi connectivity index (χ2v) is 4.85. The Morgan fingerprint density at radius 1 is 1.30 bits per heavy atom. The van der Waals surface area contributed by atoms with Crippen molar-refractivity contribution in [1.82, 2.24) is 4.98 Å². The Kier molecular flexibility index (Phi) is 7.99. The molecule has 0 spiro atoms. The Labute approximate surface area is 122 Å². The van der Waals surface area contributed by atoms with Gasteiger partial charge in [0.15, 0.2) is 0 Å². The average Bonchev–Trinajstić information content (AvgIpc) is 2.46. The fraction of sp³-hybridized carbons (Fsp3) is 0.667. The number of rotatable bonds is 10. The molecule has 0 fully saturated rings. The summed E-state index contributed by atoms with van der Waals surface area (Å²) in [4.78, 5) is 6.58. The molecule has 1 heterocycles. The highest BCUT2D eigenvalue weighted by Gasteiger charge is 2.15. The number of ether oxygens (including phenoxy) is 2. The number of methoxy groups -OCH3 is 2. The Morgan fingerprint density at radius 3 is 2.75 bits per heavy atom. The monoisotopic (exact) mass is 281 g/mol. The van der Waals surface area contributed by atoms with Crippen molar-refractivity contribution in [2.45, 2.75) is 26.3 Å². The standard InChI is InChI=1S/C15H27N3O2/c1-5-6-17-14-9-15(11-16-10-14)18(7-8-19-3)13(2)12-20-4/h9-11,13,17H,5-8,12H2,1-4H3. The first kappa shape index (κ1) is 16.7. The van der Waals surface area contributed by atoms with Crippen LogP contribution in [0.15, 0.2) is 18.5 Å². The van der Waals surface area contributed by atoms with E-state index in [9.17, 15) is 0 Å². The van der Waals surface area contributed by atoms with Crippen LogP contribution in [-0.2, 0) is 9.47 Å². The smallest absolute Gasteiger partial charge is 0.0663 e. The number of hydrogen-bond donors (Lipinski definition) is 1. The lowest BCUT2D eigenvalue weighted by molar-refractivity contribution is 0.171. The number of nitrogens with one attached hydrogen (secondary N) is 1. The minimum atomic E-state index is 0.276. The highest BCUT2D eigenvalue weighted by molar-refractivity contribution is 5.56. The summed E-state index contributed by atoms with van der Waals surface area (Å²) >= 11 is 0. The van der Waals surface area contributed by atoms with E-state index in [-0.39, 0.29) is 6.04 Å². The van der Waals surface area contributed by atoms with Gasteiger partial charge in [0.05, 0.1) is 37.0 Å². The molecule has 20 heavy (non-hydrogen) atoms. The van der Waals surface area contributed by atoms with E-state index in [0.29, 0.717) is 13.2 Å². The van der Waals surface area contributed by atoms with Gasteiger partial charge < -0.3 is 19.7 Å². The van der Waals surface area contributed by atoms with Crippen molar-refractivity contribution in [3.63, 3.8) is 0 Å². The van der Waals surface area contributed by atoms with Crippen LogP contribution in [0.2, 0.25) is 0 Å². The molecule has 0 aromatic carbocycles. The van der Waals surface area contributed by atoms with Crippen LogP contribution in [0, 0.1) is 0 Å². The highest BCUT2D eigenvalue weighted by Crippen LogP contribution is 2.20. The van der Waals surface area contributed by atoms with E-state index < -0.39 is 0 Å². The van der Waals surface area contributed by atoms with Crippen LogP contribution in [0.25, 0.3) is 0 Å². The first-order valence-corrected chi connectivity index (χ1v) is 7.16. The SMILES string of the molecule is CCCNc1cncc(N(CCOC)C(C)COC)c1. The first-order chi connectivity index (χ1) is 9.72. The van der Waals surface area contributed by atoms with Gasteiger partial charge in [0, 0.05) is 33.4 Å². The van der Waals surface area contributed by atoms with Crippen LogP contribution in [0.4, 0.5) is 11.4 Å². The minimum Gasteiger partial charge on any atom is -0.384 e. The van der Waals surface area contributed by atoms with Gasteiger partial charge in [-0.05, 0) is 19.4 Å². The van der Waals surface area contributed by atoms with E-state index in [1.807, 2.05) is 12.4 Å². The number of aromatic nitrogens is 1. The molecular formula is C15H27N3O2. The molecule has 1 rings (SSSR count). The maximum Gasteiger partial charge on any atom is 0.0663 e. The van der Waals surface area contributed by atoms with Gasteiger partial charge in [0.2, 0.25) is 0 Å². The van der Waals surface area contributed by atoms with Gasteiger partial charge in [-0.3, -0.25) is 4.98 Å². The Morgan fingerprint density at radius 2 is 2.10 bits per heavy atom. The predicted molar refractivity (Wildman–Crippen MR) is 83.6 cm³/mol. The molecule has 5 heteroatoms. The third-order valence-corrected chi connectivity index (χ3v) is 3.11. The molecule has 0 amide bonds. The summed E-state index contributed by atoms with van der Waals surface area (Å²) in [7, 11) is 3.44. The zero-order chi connectivity index (χ0) is 14.8. The molecular weight excluding hydrogens is 254 g/mol. The van der Waals surface area contributed by atoms with Crippen LogP contribution < -0.4 is 10.2 Å². The second-order valence-electron chi connectivity index (χ2n) is 4.85. The van der Waals surface area contributed by atoms with E-state index in [2.05, 4.69) is 35.1 Å². The number of anilines is 2. The summed E-state index contributed by atoms with van der Waals surface area (Å²) in [6, 6.07) is 2.41. The van der Waals surface area contributed by atoms with Crippen molar-refractivity contribution in [2.24, 2.45) is 0 Å². The lowest BCUT2D eigenvalue weighted by Gasteiger charge is -2.30. The van der Waals surface area contributed by atoms with Crippen LogP contribution >= 0.6 is 0 Å². The summed E-state index contributed by atoms with van der Waals surface area (Å²) in [6.45, 7) is 7.43. The third kappa shape index (κ3) is 5.35. The van der Waals surface area contributed by atoms with Crippen molar-refractivity contribution < 1.29 is 9.47 Å². The molecule has 0 bridgehead atoms. The minimum absolute atomic E-state index is 0.276. The molecule has 114 valence electrons. The van der Waals surface area contributed by atoms with Crippen molar-refractivity contribution in [1.29, 1.82) is 0 Å². The highest BCUT2D eigenvalue weighted by atomic mass is 16.5. The Bertz CT molecular complexity index is 374. The molecule has 0 aliphatic rings. The van der Waals surface area contributed by atoms with E-state index in [4.69, 9.17) is 9.47 Å². The molecule has 0 saturated heterocycles. The van der Waals surface area contributed by atoms with E-state index in [1.165, 1.54) is 0 Å². The van der Waals surface area contributed by atoms with Crippen LogP contribution in [0.1, 0.15) is 20.3 Å². The van der Waals surface area contributed by atoms with Gasteiger partial charge in [-0.1, -0.05) is 6.92 Å². The van der Waals surface area contributed by atoms with Crippen molar-refractivity contribution in [3.8, 4) is 0 Å². The van der Waals surface area contributed by atoms with Crippen LogP contribution in [0.3, 0.4) is 0 Å². The fourth-order valence-electron chi connectivity index (χ4n) is 2.08. The molecule has 0 aliphatic carbocycles. The predicted octanol–water partition coefficient (Wildman–Crippen LogP) is 2.39. The summed E-state index contributed by atoms with van der Waals surface area (Å²) in [5.74, 6) is 0. The number of hydrogen-bond acceptors (Lipinski definition) is 5. The maximum atomic E-state index is 5.26. The molecule has 1 aromatic rings. The maximum absolute atomic E-state index is 5.26. The van der Waals surface area contributed by atoms with E-state index >= 15 is 0 Å². The first-order valence-electron chi connectivity index (χ1n) is 7.16. The average molecular weight is 281 g/mol. The van der Waals surface area contributed by atoms with Gasteiger partial charge in [-0.2, -0.15) is 0 Å². The molecule has 1 N–H and O–H groups in total. The summed E-state index contributed by atoms with van der Waals surface area (Å²) in [6.07, 6.45) is 4.84. The zero-order valence-electron chi connectivity index (χ0n) is 13.1. The summed E-state index contributed by atoms with van der Waals surface area (Å²) in [5.41, 5.74) is 2.14. The third-order valence-electron chi connectivity index (χ3n) is 3.11. The van der Waals surface area contributed by atoms with Gasteiger partial charge >= 0.3 is 0 Å².